The number of benzene rings is 1. The number of carbonyl (C=O) groups is 2. The summed E-state index contributed by atoms with van der Waals surface area (Å²) in [6, 6.07) is 3.01. The smallest absolute Gasteiger partial charge is 0.335 e. The predicted molar refractivity (Wildman–Crippen MR) is 65.3 cm³/mol. The second kappa shape index (κ2) is 6.53. The van der Waals surface area contributed by atoms with E-state index >= 15 is 0 Å². The molecular weight excluding hydrogens is 270 g/mol. The number of rotatable bonds is 6. The van der Waals surface area contributed by atoms with Gasteiger partial charge in [-0.1, -0.05) is 5.11 Å². The molecule has 2 atom stereocenters. The molecule has 4 N–H and O–H groups in total. The molecule has 9 heteroatoms. The maximum Gasteiger partial charge on any atom is 0.335 e. The number of aromatic carboxylic acids is 2. The summed E-state index contributed by atoms with van der Waals surface area (Å²) in [4.78, 5) is 24.2. The largest absolute Gasteiger partial charge is 0.478 e. The van der Waals surface area contributed by atoms with Gasteiger partial charge in [0, 0.05) is 4.91 Å². The van der Waals surface area contributed by atoms with Crippen molar-refractivity contribution in [1.82, 2.24) is 0 Å². The van der Waals surface area contributed by atoms with Crippen LogP contribution in [0.5, 0.6) is 0 Å². The van der Waals surface area contributed by atoms with Gasteiger partial charge >= 0.3 is 11.9 Å². The lowest BCUT2D eigenvalue weighted by atomic mass is 9.99. The van der Waals surface area contributed by atoms with Gasteiger partial charge in [0.25, 0.3) is 0 Å². The Bertz CT molecular complexity index is 549. The van der Waals surface area contributed by atoms with Crippen molar-refractivity contribution in [2.75, 3.05) is 6.54 Å². The molecule has 9 nitrogen and oxygen atoms in total. The van der Waals surface area contributed by atoms with E-state index in [9.17, 15) is 19.8 Å². The van der Waals surface area contributed by atoms with Crippen LogP contribution in [-0.2, 0) is 0 Å². The van der Waals surface area contributed by atoms with E-state index in [2.05, 4.69) is 10.0 Å². The average molecular weight is 281 g/mol. The van der Waals surface area contributed by atoms with Gasteiger partial charge in [0.1, 0.15) is 6.10 Å². The van der Waals surface area contributed by atoms with Crippen molar-refractivity contribution in [3.8, 4) is 0 Å². The van der Waals surface area contributed by atoms with Crippen LogP contribution >= 0.6 is 0 Å². The van der Waals surface area contributed by atoms with Gasteiger partial charge in [-0.05, 0) is 29.3 Å². The summed E-state index contributed by atoms with van der Waals surface area (Å²) >= 11 is 0. The highest BCUT2D eigenvalue weighted by atomic mass is 16.4. The average Bonchev–Trinajstić information content (AvgIpc) is 2.43. The first-order chi connectivity index (χ1) is 9.36. The number of carboxylic acids is 2. The standard InChI is InChI=1S/C11H11N3O6/c12-14-13-4-8(15)9(16)5-1-6(10(17)18)3-7(2-5)11(19)20/h1-3,8-9,15-16H,4H2,(H,17,18)(H,19,20). The Kier molecular flexibility index (Phi) is 5.04. The highest BCUT2D eigenvalue weighted by Crippen LogP contribution is 2.21. The van der Waals surface area contributed by atoms with Crippen LogP contribution in [0.15, 0.2) is 23.3 Å². The molecule has 0 aromatic heterocycles. The molecule has 0 saturated heterocycles. The van der Waals surface area contributed by atoms with Crippen molar-refractivity contribution >= 4 is 11.9 Å². The van der Waals surface area contributed by atoms with Crippen LogP contribution in [0, 0.1) is 0 Å². The van der Waals surface area contributed by atoms with Crippen LogP contribution in [0.1, 0.15) is 32.4 Å². The number of aliphatic hydroxyl groups is 2. The molecule has 0 spiro atoms. The Hall–Kier alpha value is -2.61. The molecule has 0 saturated carbocycles. The molecule has 2 unspecified atom stereocenters. The second-order valence-electron chi connectivity index (χ2n) is 3.88. The van der Waals surface area contributed by atoms with E-state index in [1.165, 1.54) is 0 Å². The van der Waals surface area contributed by atoms with E-state index in [1.807, 2.05) is 0 Å². The predicted octanol–water partition coefficient (Wildman–Crippen LogP) is 0.788. The van der Waals surface area contributed by atoms with Crippen molar-refractivity contribution in [3.63, 3.8) is 0 Å². The molecule has 0 radical (unpaired) electrons. The van der Waals surface area contributed by atoms with Gasteiger partial charge in [-0.15, -0.1) is 0 Å². The Labute approximate surface area is 112 Å². The van der Waals surface area contributed by atoms with Gasteiger partial charge in [-0.25, -0.2) is 9.59 Å². The fraction of sp³-hybridized carbons (Fsp3) is 0.273. The molecule has 0 aliphatic heterocycles. The van der Waals surface area contributed by atoms with Crippen LogP contribution in [-0.4, -0.2) is 45.0 Å². The third kappa shape index (κ3) is 3.69. The highest BCUT2D eigenvalue weighted by molar-refractivity contribution is 5.94. The minimum atomic E-state index is -1.57. The molecule has 1 rings (SSSR count). The molecule has 0 aliphatic rings. The minimum Gasteiger partial charge on any atom is -0.478 e. The zero-order chi connectivity index (χ0) is 15.3. The van der Waals surface area contributed by atoms with Crippen LogP contribution in [0.3, 0.4) is 0 Å². The number of carboxylic acid groups (broad SMARTS) is 2. The van der Waals surface area contributed by atoms with Gasteiger partial charge in [0.2, 0.25) is 0 Å². The summed E-state index contributed by atoms with van der Waals surface area (Å²) < 4.78 is 0. The van der Waals surface area contributed by atoms with Gasteiger partial charge in [0.15, 0.2) is 0 Å². The maximum atomic E-state index is 10.9. The van der Waals surface area contributed by atoms with Gasteiger partial charge in [-0.2, -0.15) is 0 Å². The van der Waals surface area contributed by atoms with E-state index in [1.54, 1.807) is 0 Å². The number of azide groups is 1. The van der Waals surface area contributed by atoms with Crippen LogP contribution in [0.25, 0.3) is 10.4 Å². The first-order valence-corrected chi connectivity index (χ1v) is 5.35. The Balaban J connectivity index is 3.18. The summed E-state index contributed by atoms with van der Waals surface area (Å²) in [5.74, 6) is -2.74. The third-order valence-corrected chi connectivity index (χ3v) is 2.49. The van der Waals surface area contributed by atoms with Crippen molar-refractivity contribution < 1.29 is 30.0 Å². The molecule has 0 bridgehead atoms. The lowest BCUT2D eigenvalue weighted by Gasteiger charge is -2.17. The number of nitrogens with zero attached hydrogens (tertiary/aromatic N) is 3. The summed E-state index contributed by atoms with van der Waals surface area (Å²) in [5.41, 5.74) is 7.34. The molecular formula is C11H11N3O6. The van der Waals surface area contributed by atoms with Gasteiger partial charge in [0.05, 0.1) is 23.8 Å². The first-order valence-electron chi connectivity index (χ1n) is 5.35. The quantitative estimate of drug-likeness (QED) is 0.342. The minimum absolute atomic E-state index is 0.0945. The first kappa shape index (κ1) is 15.4. The van der Waals surface area contributed by atoms with Crippen LogP contribution in [0.4, 0.5) is 0 Å². The zero-order valence-electron chi connectivity index (χ0n) is 10.0. The Morgan fingerprint density at radius 2 is 1.65 bits per heavy atom. The lowest BCUT2D eigenvalue weighted by molar-refractivity contribution is 0.0242. The second-order valence-corrected chi connectivity index (χ2v) is 3.88. The molecule has 0 heterocycles. The van der Waals surface area contributed by atoms with E-state index in [0.717, 1.165) is 18.2 Å². The summed E-state index contributed by atoms with van der Waals surface area (Å²) in [6.45, 7) is -0.433. The van der Waals surface area contributed by atoms with E-state index in [-0.39, 0.29) is 16.7 Å². The topological polar surface area (TPSA) is 164 Å². The normalized spacial score (nSPS) is 13.1. The molecule has 1 aromatic carbocycles. The summed E-state index contributed by atoms with van der Waals surface area (Å²) in [7, 11) is 0. The highest BCUT2D eigenvalue weighted by Gasteiger charge is 2.21. The molecule has 0 aliphatic carbocycles. The fourth-order valence-corrected chi connectivity index (χ4v) is 1.51. The van der Waals surface area contributed by atoms with Crippen LogP contribution in [0.2, 0.25) is 0 Å². The third-order valence-electron chi connectivity index (χ3n) is 2.49. The summed E-state index contributed by atoms with van der Waals surface area (Å²) in [6.07, 6.45) is -3.05. The Morgan fingerprint density at radius 1 is 1.15 bits per heavy atom. The monoisotopic (exact) mass is 281 g/mol. The molecule has 0 fully saturated rings. The number of aliphatic hydroxyl groups excluding tert-OH is 2. The summed E-state index contributed by atoms with van der Waals surface area (Å²) in [5, 5.41) is 40.2. The van der Waals surface area contributed by atoms with Crippen molar-refractivity contribution in [3.05, 3.63) is 45.3 Å². The van der Waals surface area contributed by atoms with Crippen molar-refractivity contribution in [2.24, 2.45) is 5.11 Å². The molecule has 0 amide bonds. The van der Waals surface area contributed by atoms with Gasteiger partial charge < -0.3 is 20.4 Å². The van der Waals surface area contributed by atoms with E-state index in [0.29, 0.717) is 0 Å². The van der Waals surface area contributed by atoms with E-state index < -0.39 is 30.7 Å². The molecule has 1 aromatic rings. The molecule has 106 valence electrons. The van der Waals surface area contributed by atoms with Crippen molar-refractivity contribution in [2.45, 2.75) is 12.2 Å². The lowest BCUT2D eigenvalue weighted by Crippen LogP contribution is -2.22. The number of hydrogen-bond donors (Lipinski definition) is 4. The van der Waals surface area contributed by atoms with Crippen molar-refractivity contribution in [1.29, 1.82) is 0 Å². The maximum absolute atomic E-state index is 10.9. The molecule has 20 heavy (non-hydrogen) atoms. The van der Waals surface area contributed by atoms with Gasteiger partial charge in [-0.3, -0.25) is 0 Å². The van der Waals surface area contributed by atoms with Crippen LogP contribution < -0.4 is 0 Å². The SMILES string of the molecule is [N-]=[N+]=NCC(O)C(O)c1cc(C(=O)O)cc(C(=O)O)c1. The fourth-order valence-electron chi connectivity index (χ4n) is 1.51. The number of hydrogen-bond acceptors (Lipinski definition) is 5. The van der Waals surface area contributed by atoms with E-state index in [4.69, 9.17) is 15.7 Å². The Morgan fingerprint density at radius 3 is 2.05 bits per heavy atom. The zero-order valence-corrected chi connectivity index (χ0v) is 10.0.